The maximum Gasteiger partial charge on any atom is 0.272 e. The smallest absolute Gasteiger partial charge is 0.272 e. The number of carbonyl (C=O) groups is 1. The van der Waals surface area contributed by atoms with Crippen molar-refractivity contribution in [3.8, 4) is 0 Å². The van der Waals surface area contributed by atoms with Crippen LogP contribution in [0.5, 0.6) is 0 Å². The van der Waals surface area contributed by atoms with Crippen molar-refractivity contribution in [3.63, 3.8) is 0 Å². The number of hydrogen-bond donors (Lipinski definition) is 2. The molecule has 3 rings (SSSR count). The molecular formula is C18H17FN2O. The van der Waals surface area contributed by atoms with Crippen LogP contribution in [0.4, 0.5) is 10.1 Å². The van der Waals surface area contributed by atoms with Crippen molar-refractivity contribution < 1.29 is 9.18 Å². The van der Waals surface area contributed by atoms with Gasteiger partial charge in [0.2, 0.25) is 0 Å². The number of fused-ring (bicyclic) bond motifs is 1. The van der Waals surface area contributed by atoms with Crippen molar-refractivity contribution in [1.82, 2.24) is 4.98 Å². The van der Waals surface area contributed by atoms with E-state index < -0.39 is 0 Å². The number of carbonyl (C=O) groups excluding carboxylic acids is 1. The molecule has 2 N–H and O–H groups in total. The number of anilines is 1. The molecule has 0 atom stereocenters. The minimum atomic E-state index is -0.327. The predicted molar refractivity (Wildman–Crippen MR) is 86.9 cm³/mol. The summed E-state index contributed by atoms with van der Waals surface area (Å²) in [5.74, 6) is -0.557. The van der Waals surface area contributed by atoms with Gasteiger partial charge in [0.15, 0.2) is 0 Å². The Morgan fingerprint density at radius 2 is 1.73 bits per heavy atom. The fourth-order valence-electron chi connectivity index (χ4n) is 2.78. The first-order valence-corrected chi connectivity index (χ1v) is 7.11. The third-order valence-corrected chi connectivity index (χ3v) is 3.74. The van der Waals surface area contributed by atoms with E-state index in [1.54, 1.807) is 12.1 Å². The summed E-state index contributed by atoms with van der Waals surface area (Å²) >= 11 is 0. The van der Waals surface area contributed by atoms with Crippen molar-refractivity contribution in [1.29, 1.82) is 0 Å². The Morgan fingerprint density at radius 3 is 2.41 bits per heavy atom. The van der Waals surface area contributed by atoms with E-state index in [0.29, 0.717) is 11.2 Å². The van der Waals surface area contributed by atoms with Crippen LogP contribution in [-0.2, 0) is 0 Å². The van der Waals surface area contributed by atoms with Gasteiger partial charge in [0.25, 0.3) is 5.91 Å². The highest BCUT2D eigenvalue weighted by Gasteiger charge is 2.13. The zero-order chi connectivity index (χ0) is 15.9. The average Bonchev–Trinajstić information content (AvgIpc) is 2.85. The summed E-state index contributed by atoms with van der Waals surface area (Å²) in [6.45, 7) is 5.96. The maximum absolute atomic E-state index is 13.2. The Hall–Kier alpha value is -2.62. The zero-order valence-corrected chi connectivity index (χ0v) is 12.8. The second-order valence-corrected chi connectivity index (χ2v) is 5.64. The van der Waals surface area contributed by atoms with Crippen molar-refractivity contribution in [2.24, 2.45) is 0 Å². The number of amides is 1. The van der Waals surface area contributed by atoms with Gasteiger partial charge in [-0.1, -0.05) is 17.7 Å². The average molecular weight is 296 g/mol. The number of halogens is 1. The van der Waals surface area contributed by atoms with E-state index in [0.717, 1.165) is 27.8 Å². The van der Waals surface area contributed by atoms with Crippen LogP contribution in [0.3, 0.4) is 0 Å². The number of aromatic amines is 1. The molecule has 0 aliphatic heterocycles. The number of nitrogens with one attached hydrogen (secondary N) is 2. The third kappa shape index (κ3) is 2.60. The molecule has 112 valence electrons. The number of rotatable bonds is 2. The topological polar surface area (TPSA) is 44.9 Å². The monoisotopic (exact) mass is 296 g/mol. The molecule has 0 saturated carbocycles. The van der Waals surface area contributed by atoms with E-state index in [1.165, 1.54) is 12.1 Å². The van der Waals surface area contributed by atoms with Gasteiger partial charge in [0.05, 0.1) is 0 Å². The Balaban J connectivity index is 1.93. The van der Waals surface area contributed by atoms with Crippen molar-refractivity contribution >= 4 is 22.5 Å². The number of hydrogen-bond acceptors (Lipinski definition) is 1. The second kappa shape index (κ2) is 5.30. The normalized spacial score (nSPS) is 10.9. The first-order chi connectivity index (χ1) is 10.4. The van der Waals surface area contributed by atoms with E-state index in [9.17, 15) is 9.18 Å². The molecule has 1 heterocycles. The molecule has 1 aromatic heterocycles. The fraction of sp³-hybridized carbons (Fsp3) is 0.167. The SMILES string of the molecule is Cc1cc(C)c(NC(=O)c2cc3ccc(F)cc3[nH]2)c(C)c1. The molecule has 0 bridgehead atoms. The Kier molecular flexibility index (Phi) is 3.45. The van der Waals surface area contributed by atoms with Crippen molar-refractivity contribution in [2.45, 2.75) is 20.8 Å². The van der Waals surface area contributed by atoms with E-state index in [-0.39, 0.29) is 11.7 Å². The quantitative estimate of drug-likeness (QED) is 0.719. The lowest BCUT2D eigenvalue weighted by atomic mass is 10.1. The first-order valence-electron chi connectivity index (χ1n) is 7.11. The number of aromatic nitrogens is 1. The molecule has 22 heavy (non-hydrogen) atoms. The third-order valence-electron chi connectivity index (χ3n) is 3.74. The van der Waals surface area contributed by atoms with Crippen molar-refractivity contribution in [2.75, 3.05) is 5.32 Å². The van der Waals surface area contributed by atoms with E-state index >= 15 is 0 Å². The van der Waals surface area contributed by atoms with Crippen LogP contribution in [0.25, 0.3) is 10.9 Å². The van der Waals surface area contributed by atoms with Gasteiger partial charge in [-0.2, -0.15) is 0 Å². The predicted octanol–water partition coefficient (Wildman–Crippen LogP) is 4.48. The second-order valence-electron chi connectivity index (χ2n) is 5.64. The van der Waals surface area contributed by atoms with Gasteiger partial charge in [0.1, 0.15) is 11.5 Å². The minimum absolute atomic E-state index is 0.230. The van der Waals surface area contributed by atoms with Gasteiger partial charge in [0, 0.05) is 16.6 Å². The fourth-order valence-corrected chi connectivity index (χ4v) is 2.78. The molecule has 0 fully saturated rings. The van der Waals surface area contributed by atoms with Gasteiger partial charge >= 0.3 is 0 Å². The summed E-state index contributed by atoms with van der Waals surface area (Å²) in [4.78, 5) is 15.4. The number of H-pyrrole nitrogens is 1. The molecule has 0 radical (unpaired) electrons. The van der Waals surface area contributed by atoms with Crippen molar-refractivity contribution in [3.05, 3.63) is 64.6 Å². The lowest BCUT2D eigenvalue weighted by Gasteiger charge is -2.12. The molecular weight excluding hydrogens is 279 g/mol. The molecule has 0 aliphatic carbocycles. The summed E-state index contributed by atoms with van der Waals surface area (Å²) in [6, 6.07) is 10.2. The molecule has 2 aromatic carbocycles. The maximum atomic E-state index is 13.2. The molecule has 4 heteroatoms. The van der Waals surface area contributed by atoms with E-state index in [4.69, 9.17) is 0 Å². The van der Waals surface area contributed by atoms with Crippen LogP contribution in [-0.4, -0.2) is 10.9 Å². The highest BCUT2D eigenvalue weighted by molar-refractivity contribution is 6.06. The van der Waals surface area contributed by atoms with Gasteiger partial charge in [-0.05, 0) is 56.2 Å². The summed E-state index contributed by atoms with van der Waals surface area (Å²) < 4.78 is 13.2. The van der Waals surface area contributed by atoms with Crippen LogP contribution in [0.2, 0.25) is 0 Å². The van der Waals surface area contributed by atoms with Gasteiger partial charge in [-0.15, -0.1) is 0 Å². The molecule has 3 nitrogen and oxygen atoms in total. The Morgan fingerprint density at radius 1 is 1.05 bits per heavy atom. The summed E-state index contributed by atoms with van der Waals surface area (Å²) in [6.07, 6.45) is 0. The molecule has 0 aliphatic rings. The van der Waals surface area contributed by atoms with Crippen LogP contribution in [0.1, 0.15) is 27.2 Å². The standard InChI is InChI=1S/C18H17FN2O/c1-10-6-11(2)17(12(3)7-10)21-18(22)16-8-13-4-5-14(19)9-15(13)20-16/h4-9,20H,1-3H3,(H,21,22). The number of benzene rings is 2. The van der Waals surface area contributed by atoms with Gasteiger partial charge < -0.3 is 10.3 Å². The molecule has 0 unspecified atom stereocenters. The first kappa shape index (κ1) is 14.3. The summed E-state index contributed by atoms with van der Waals surface area (Å²) in [7, 11) is 0. The molecule has 0 saturated heterocycles. The van der Waals surface area contributed by atoms with Crippen LogP contribution < -0.4 is 5.32 Å². The van der Waals surface area contributed by atoms with Crippen LogP contribution in [0.15, 0.2) is 36.4 Å². The Bertz CT molecular complexity index is 857. The van der Waals surface area contributed by atoms with E-state index in [1.807, 2.05) is 32.9 Å². The number of aryl methyl sites for hydroxylation is 3. The highest BCUT2D eigenvalue weighted by Crippen LogP contribution is 2.23. The molecule has 3 aromatic rings. The highest BCUT2D eigenvalue weighted by atomic mass is 19.1. The summed E-state index contributed by atoms with van der Waals surface area (Å²) in [5.41, 5.74) is 5.05. The summed E-state index contributed by atoms with van der Waals surface area (Å²) in [5, 5.41) is 3.74. The van der Waals surface area contributed by atoms with Gasteiger partial charge in [-0.25, -0.2) is 4.39 Å². The van der Waals surface area contributed by atoms with Gasteiger partial charge in [-0.3, -0.25) is 4.79 Å². The lowest BCUT2D eigenvalue weighted by molar-refractivity contribution is 0.102. The van der Waals surface area contributed by atoms with Crippen LogP contribution >= 0.6 is 0 Å². The zero-order valence-electron chi connectivity index (χ0n) is 12.8. The molecule has 1 amide bonds. The lowest BCUT2D eigenvalue weighted by Crippen LogP contribution is -2.14. The molecule has 0 spiro atoms. The largest absolute Gasteiger partial charge is 0.350 e. The van der Waals surface area contributed by atoms with Crippen LogP contribution in [0, 0.1) is 26.6 Å². The Labute approximate surface area is 128 Å². The van der Waals surface area contributed by atoms with E-state index in [2.05, 4.69) is 10.3 Å². The minimum Gasteiger partial charge on any atom is -0.350 e.